The molecule has 0 unspecified atom stereocenters. The van der Waals surface area contributed by atoms with Crippen molar-refractivity contribution in [1.82, 2.24) is 0 Å². The van der Waals surface area contributed by atoms with E-state index in [0.717, 1.165) is 0 Å². The third-order valence-electron chi connectivity index (χ3n) is 2.46. The summed E-state index contributed by atoms with van der Waals surface area (Å²) in [4.78, 5) is 0. The van der Waals surface area contributed by atoms with Crippen LogP contribution in [-0.4, -0.2) is 58.3 Å². The minimum atomic E-state index is -7.80. The Bertz CT molecular complexity index is 395. The third-order valence-corrected chi connectivity index (χ3v) is 3.28. The van der Waals surface area contributed by atoms with Crippen molar-refractivity contribution in [3.05, 3.63) is 0 Å². The predicted molar refractivity (Wildman–Crippen MR) is 47.4 cm³/mol. The Hall–Kier alpha value is -0.111. The van der Waals surface area contributed by atoms with Gasteiger partial charge in [-0.25, -0.2) is 0 Å². The number of hydrogen-bond donors (Lipinski definition) is 0. The van der Waals surface area contributed by atoms with Crippen molar-refractivity contribution in [2.45, 2.75) is 46.6 Å². The molecule has 0 heterocycles. The van der Waals surface area contributed by atoms with Crippen LogP contribution in [0.3, 0.4) is 0 Å². The zero-order valence-corrected chi connectivity index (χ0v) is 13.2. The second-order valence-electron chi connectivity index (χ2n) is 4.04. The van der Waals surface area contributed by atoms with Gasteiger partial charge in [0.1, 0.15) is 0 Å². The molecule has 0 rings (SSSR count). The van der Waals surface area contributed by atoms with Crippen LogP contribution in [-0.2, 0) is 0 Å². The zero-order valence-electron chi connectivity index (χ0n) is 9.91. The van der Waals surface area contributed by atoms with Crippen LogP contribution in [0.2, 0.25) is 4.44 Å². The number of hydrogen-bond acceptors (Lipinski definition) is 0. The van der Waals surface area contributed by atoms with Crippen molar-refractivity contribution < 1.29 is 57.1 Å². The Kier molecular flexibility index (Phi) is 5.73. The van der Waals surface area contributed by atoms with E-state index in [1.807, 2.05) is 0 Å². The van der Waals surface area contributed by atoms with E-state index < -0.39 is 46.6 Å². The molecular formula is C8H5F13Sn. The standard InChI is InChI=1S/C8H4F13.Sn.H/c1-2-3(9,10)4(11,12)5(13,14)6(15,16)7(17,18)8(19,20)21;;/h1-2H2;;. The maximum absolute atomic E-state index is 12.9. The van der Waals surface area contributed by atoms with Crippen molar-refractivity contribution in [2.24, 2.45) is 0 Å². The molecular weight excluding hydrogens is 462 g/mol. The van der Waals surface area contributed by atoms with Crippen molar-refractivity contribution in [3.8, 4) is 0 Å². The Labute approximate surface area is 127 Å². The van der Waals surface area contributed by atoms with E-state index in [-0.39, 0.29) is 22.5 Å². The van der Waals surface area contributed by atoms with E-state index >= 15 is 0 Å². The topological polar surface area (TPSA) is 0 Å². The Morgan fingerprint density at radius 1 is 0.500 bits per heavy atom. The fourth-order valence-electron chi connectivity index (χ4n) is 1.14. The van der Waals surface area contributed by atoms with Crippen molar-refractivity contribution in [1.29, 1.82) is 0 Å². The normalized spacial score (nSPS) is 16.1. The molecule has 0 aromatic heterocycles. The molecule has 0 N–H and O–H groups in total. The predicted octanol–water partition coefficient (Wildman–Crippen LogP) is 4.43. The van der Waals surface area contributed by atoms with Gasteiger partial charge in [0.15, 0.2) is 0 Å². The molecule has 0 aliphatic rings. The molecule has 0 aromatic carbocycles. The van der Waals surface area contributed by atoms with Crippen LogP contribution >= 0.6 is 0 Å². The van der Waals surface area contributed by atoms with Gasteiger partial charge in [0.05, 0.1) is 0 Å². The Morgan fingerprint density at radius 3 is 1.09 bits per heavy atom. The first-order chi connectivity index (χ1) is 9.31. The van der Waals surface area contributed by atoms with Crippen molar-refractivity contribution in [2.75, 3.05) is 0 Å². The van der Waals surface area contributed by atoms with Gasteiger partial charge in [0.2, 0.25) is 0 Å². The number of halogens is 13. The molecule has 0 saturated carbocycles. The van der Waals surface area contributed by atoms with Crippen molar-refractivity contribution in [3.63, 3.8) is 0 Å². The summed E-state index contributed by atoms with van der Waals surface area (Å²) in [7, 11) is 0. The summed E-state index contributed by atoms with van der Waals surface area (Å²) in [5.41, 5.74) is 0. The first-order valence-corrected chi connectivity index (χ1v) is 7.30. The second kappa shape index (κ2) is 5.76. The Morgan fingerprint density at radius 2 is 0.818 bits per heavy atom. The van der Waals surface area contributed by atoms with E-state index in [1.54, 1.807) is 0 Å². The molecule has 22 heavy (non-hydrogen) atoms. The molecule has 0 fully saturated rings. The second-order valence-corrected chi connectivity index (χ2v) is 5.69. The van der Waals surface area contributed by atoms with Crippen LogP contribution in [0.25, 0.3) is 0 Å². The van der Waals surface area contributed by atoms with Gasteiger partial charge in [-0.2, -0.15) is 0 Å². The van der Waals surface area contributed by atoms with Gasteiger partial charge < -0.3 is 0 Å². The van der Waals surface area contributed by atoms with Gasteiger partial charge in [-0.1, -0.05) is 0 Å². The fourth-order valence-corrected chi connectivity index (χ4v) is 2.18. The summed E-state index contributed by atoms with van der Waals surface area (Å²) in [5.74, 6) is -36.1. The van der Waals surface area contributed by atoms with Crippen LogP contribution in [0.1, 0.15) is 6.42 Å². The molecule has 0 bridgehead atoms. The molecule has 132 valence electrons. The van der Waals surface area contributed by atoms with Crippen molar-refractivity contribution >= 4 is 22.5 Å². The summed E-state index contributed by atoms with van der Waals surface area (Å²) >= 11 is -0.196. The molecule has 0 aliphatic carbocycles. The maximum atomic E-state index is 12.9. The Balaban J connectivity index is 6.11. The molecule has 0 spiro atoms. The summed E-state index contributed by atoms with van der Waals surface area (Å²) in [6.45, 7) is 0. The van der Waals surface area contributed by atoms with E-state index in [1.165, 1.54) is 0 Å². The summed E-state index contributed by atoms with van der Waals surface area (Å²) in [6.07, 6.45) is -9.44. The molecule has 14 heteroatoms. The molecule has 0 aliphatic heterocycles. The first kappa shape index (κ1) is 21.9. The minimum absolute atomic E-state index is 0.196. The van der Waals surface area contributed by atoms with Gasteiger partial charge in [0.25, 0.3) is 0 Å². The molecule has 0 saturated heterocycles. The van der Waals surface area contributed by atoms with E-state index in [0.29, 0.717) is 0 Å². The SMILES string of the molecule is FC(F)(F)C(F)(F)C(F)(F)C(F)(F)C(F)(F)C(F)(F)C[CH2][SnH]. The monoisotopic (exact) mass is 468 g/mol. The van der Waals surface area contributed by atoms with Gasteiger partial charge in [-0.3, -0.25) is 0 Å². The van der Waals surface area contributed by atoms with Crippen LogP contribution < -0.4 is 0 Å². The fraction of sp³-hybridized carbons (Fsp3) is 1.00. The molecule has 0 nitrogen and oxygen atoms in total. The number of rotatable bonds is 6. The third kappa shape index (κ3) is 2.97. The van der Waals surface area contributed by atoms with Gasteiger partial charge in [-0.05, 0) is 0 Å². The van der Waals surface area contributed by atoms with Crippen LogP contribution in [0.5, 0.6) is 0 Å². The molecule has 0 amide bonds. The summed E-state index contributed by atoms with van der Waals surface area (Å²) in [6, 6.07) is 0. The van der Waals surface area contributed by atoms with Crippen LogP contribution in [0.4, 0.5) is 57.1 Å². The van der Waals surface area contributed by atoms with E-state index in [4.69, 9.17) is 0 Å². The first-order valence-electron chi connectivity index (χ1n) is 4.97. The number of alkyl halides is 13. The average molecular weight is 467 g/mol. The molecule has 0 atom stereocenters. The van der Waals surface area contributed by atoms with Gasteiger partial charge in [0, 0.05) is 0 Å². The van der Waals surface area contributed by atoms with E-state index in [9.17, 15) is 57.1 Å². The molecule has 0 aromatic rings. The molecule has 2 radical (unpaired) electrons. The quantitative estimate of drug-likeness (QED) is 0.401. The van der Waals surface area contributed by atoms with Crippen LogP contribution in [0, 0.1) is 0 Å². The van der Waals surface area contributed by atoms with Gasteiger partial charge >= 0.3 is 126 Å². The van der Waals surface area contributed by atoms with E-state index in [2.05, 4.69) is 0 Å². The van der Waals surface area contributed by atoms with Crippen LogP contribution in [0.15, 0.2) is 0 Å². The van der Waals surface area contributed by atoms with Gasteiger partial charge in [-0.15, -0.1) is 0 Å². The summed E-state index contributed by atoms with van der Waals surface area (Å²) in [5, 5.41) is 0. The zero-order chi connectivity index (χ0) is 18.4. The average Bonchev–Trinajstić information content (AvgIpc) is 2.26. The summed E-state index contributed by atoms with van der Waals surface area (Å²) < 4.78 is 162.